The van der Waals surface area contributed by atoms with E-state index in [2.05, 4.69) is 15.9 Å². The summed E-state index contributed by atoms with van der Waals surface area (Å²) in [5.41, 5.74) is 2.02. The number of ether oxygens (including phenoxy) is 1. The van der Waals surface area contributed by atoms with Crippen LogP contribution in [0.1, 0.15) is 30.6 Å². The van der Waals surface area contributed by atoms with Crippen LogP contribution >= 0.6 is 27.3 Å². The second-order valence-electron chi connectivity index (χ2n) is 4.20. The van der Waals surface area contributed by atoms with Crippen LogP contribution in [0.5, 0.6) is 0 Å². The second-order valence-corrected chi connectivity index (χ2v) is 6.00. The predicted molar refractivity (Wildman–Crippen MR) is 71.6 cm³/mol. The summed E-state index contributed by atoms with van der Waals surface area (Å²) in [6.07, 6.45) is 6.07. The number of carbonyl (C=O) groups is 1. The van der Waals surface area contributed by atoms with Gasteiger partial charge in [-0.15, -0.1) is 11.3 Å². The van der Waals surface area contributed by atoms with E-state index in [1.165, 1.54) is 0 Å². The summed E-state index contributed by atoms with van der Waals surface area (Å²) < 4.78 is 6.42. The van der Waals surface area contributed by atoms with Crippen molar-refractivity contribution in [2.24, 2.45) is 0 Å². The van der Waals surface area contributed by atoms with E-state index in [-0.39, 0.29) is 5.97 Å². The van der Waals surface area contributed by atoms with Crippen LogP contribution in [0, 0.1) is 0 Å². The lowest BCUT2D eigenvalue weighted by Gasteiger charge is -2.09. The van der Waals surface area contributed by atoms with E-state index in [4.69, 9.17) is 4.74 Å². The minimum atomic E-state index is -0.140. The van der Waals surface area contributed by atoms with Gasteiger partial charge in [0.05, 0.1) is 0 Å². The van der Waals surface area contributed by atoms with Crippen LogP contribution < -0.4 is 0 Å². The van der Waals surface area contributed by atoms with Gasteiger partial charge < -0.3 is 4.74 Å². The van der Waals surface area contributed by atoms with E-state index in [1.807, 2.05) is 17.5 Å². The molecule has 17 heavy (non-hydrogen) atoms. The fourth-order valence-electron chi connectivity index (χ4n) is 2.27. The molecule has 0 amide bonds. The predicted octanol–water partition coefficient (Wildman–Crippen LogP) is 4.28. The molecule has 3 rings (SSSR count). The average molecular weight is 311 g/mol. The van der Waals surface area contributed by atoms with Crippen molar-refractivity contribution in [3.8, 4) is 0 Å². The Bertz CT molecular complexity index is 539. The Labute approximate surface area is 112 Å². The Balaban J connectivity index is 2.00. The molecule has 0 fully saturated rings. The fraction of sp³-hybridized carbons (Fsp3) is 0.308. The largest absolute Gasteiger partial charge is 0.423 e. The Morgan fingerprint density at radius 2 is 2.06 bits per heavy atom. The van der Waals surface area contributed by atoms with Crippen molar-refractivity contribution in [2.45, 2.75) is 25.7 Å². The number of rotatable bonds is 1. The van der Waals surface area contributed by atoms with Crippen LogP contribution in [0.4, 0.5) is 0 Å². The van der Waals surface area contributed by atoms with Gasteiger partial charge in [-0.3, -0.25) is 0 Å². The van der Waals surface area contributed by atoms with E-state index in [1.54, 1.807) is 11.3 Å². The SMILES string of the molecule is O=C1OC(=Cc2sccc2Br)C2=C1CCCC2. The van der Waals surface area contributed by atoms with Crippen molar-refractivity contribution in [1.29, 1.82) is 0 Å². The molecule has 88 valence electrons. The lowest BCUT2D eigenvalue weighted by molar-refractivity contribution is -0.133. The molecule has 0 saturated heterocycles. The number of esters is 1. The van der Waals surface area contributed by atoms with Crippen molar-refractivity contribution in [3.63, 3.8) is 0 Å². The Morgan fingerprint density at radius 1 is 1.29 bits per heavy atom. The number of hydrogen-bond acceptors (Lipinski definition) is 3. The number of allylic oxidation sites excluding steroid dienone is 1. The highest BCUT2D eigenvalue weighted by Gasteiger charge is 2.31. The van der Waals surface area contributed by atoms with E-state index in [0.29, 0.717) is 0 Å². The minimum Gasteiger partial charge on any atom is -0.423 e. The summed E-state index contributed by atoms with van der Waals surface area (Å²) in [6, 6.07) is 2.00. The summed E-state index contributed by atoms with van der Waals surface area (Å²) in [5, 5.41) is 2.02. The number of halogens is 1. The molecule has 4 heteroatoms. The molecule has 0 aromatic carbocycles. The lowest BCUT2D eigenvalue weighted by Crippen LogP contribution is -2.01. The quantitative estimate of drug-likeness (QED) is 0.724. The molecule has 2 heterocycles. The van der Waals surface area contributed by atoms with Gasteiger partial charge in [0.25, 0.3) is 0 Å². The third-order valence-corrected chi connectivity index (χ3v) is 4.94. The van der Waals surface area contributed by atoms with Gasteiger partial charge >= 0.3 is 5.97 Å². The topological polar surface area (TPSA) is 26.3 Å². The zero-order valence-electron chi connectivity index (χ0n) is 9.16. The van der Waals surface area contributed by atoms with Crippen molar-refractivity contribution in [2.75, 3.05) is 0 Å². The van der Waals surface area contributed by atoms with E-state index < -0.39 is 0 Å². The molecule has 1 aliphatic heterocycles. The van der Waals surface area contributed by atoms with Crippen LogP contribution in [0.25, 0.3) is 6.08 Å². The van der Waals surface area contributed by atoms with Gasteiger partial charge in [-0.25, -0.2) is 4.79 Å². The van der Waals surface area contributed by atoms with E-state index in [0.717, 1.165) is 51.9 Å². The van der Waals surface area contributed by atoms with Gasteiger partial charge in [0.15, 0.2) is 0 Å². The standard InChI is InChI=1S/C13H11BrO2S/c14-10-5-6-17-12(10)7-11-8-3-1-2-4-9(8)13(15)16-11/h5-7H,1-4H2. The van der Waals surface area contributed by atoms with Crippen LogP contribution in [0.15, 0.2) is 32.8 Å². The molecule has 0 N–H and O–H groups in total. The van der Waals surface area contributed by atoms with Crippen molar-refractivity contribution >= 4 is 39.3 Å². The molecular weight excluding hydrogens is 300 g/mol. The number of hydrogen-bond donors (Lipinski definition) is 0. The van der Waals surface area contributed by atoms with Crippen LogP contribution in [-0.4, -0.2) is 5.97 Å². The average Bonchev–Trinajstić information content (AvgIpc) is 2.87. The Hall–Kier alpha value is -0.870. The summed E-state index contributed by atoms with van der Waals surface area (Å²) >= 11 is 5.13. The number of carbonyl (C=O) groups excluding carboxylic acids is 1. The van der Waals surface area contributed by atoms with Gasteiger partial charge in [-0.05, 0) is 59.1 Å². The number of cyclic esters (lactones) is 1. The lowest BCUT2D eigenvalue weighted by atomic mass is 9.92. The van der Waals surface area contributed by atoms with Gasteiger partial charge in [0.1, 0.15) is 5.76 Å². The Morgan fingerprint density at radius 3 is 2.76 bits per heavy atom. The fourth-order valence-corrected chi connectivity index (χ4v) is 3.68. The van der Waals surface area contributed by atoms with Crippen LogP contribution in [0.2, 0.25) is 0 Å². The summed E-state index contributed by atoms with van der Waals surface area (Å²) in [7, 11) is 0. The normalized spacial score (nSPS) is 21.9. The van der Waals surface area contributed by atoms with Gasteiger partial charge in [0.2, 0.25) is 0 Å². The summed E-state index contributed by atoms with van der Waals surface area (Å²) in [6.45, 7) is 0. The first kappa shape index (κ1) is 11.2. The molecular formula is C13H11BrO2S. The first-order valence-electron chi connectivity index (χ1n) is 5.65. The van der Waals surface area contributed by atoms with Crippen LogP contribution in [0.3, 0.4) is 0 Å². The maximum absolute atomic E-state index is 11.7. The molecule has 0 saturated carbocycles. The Kier molecular flexibility index (Phi) is 2.92. The maximum atomic E-state index is 11.7. The molecule has 0 spiro atoms. The molecule has 2 aliphatic rings. The van der Waals surface area contributed by atoms with Crippen LogP contribution in [-0.2, 0) is 9.53 Å². The van der Waals surface area contributed by atoms with Gasteiger partial charge in [-0.2, -0.15) is 0 Å². The molecule has 1 aromatic heterocycles. The molecule has 1 aliphatic carbocycles. The molecule has 0 atom stereocenters. The highest BCUT2D eigenvalue weighted by molar-refractivity contribution is 9.10. The molecule has 0 unspecified atom stereocenters. The third-order valence-electron chi connectivity index (χ3n) is 3.12. The molecule has 0 bridgehead atoms. The first-order chi connectivity index (χ1) is 8.25. The number of thiophene rings is 1. The molecule has 1 aromatic rings. The second kappa shape index (κ2) is 4.42. The van der Waals surface area contributed by atoms with Crippen molar-refractivity contribution in [3.05, 3.63) is 37.7 Å². The summed E-state index contributed by atoms with van der Waals surface area (Å²) in [5.74, 6) is 0.617. The molecule has 2 nitrogen and oxygen atoms in total. The highest BCUT2D eigenvalue weighted by Crippen LogP contribution is 2.38. The monoisotopic (exact) mass is 310 g/mol. The van der Waals surface area contributed by atoms with Crippen molar-refractivity contribution < 1.29 is 9.53 Å². The minimum absolute atomic E-state index is 0.140. The zero-order valence-corrected chi connectivity index (χ0v) is 11.6. The van der Waals surface area contributed by atoms with E-state index in [9.17, 15) is 4.79 Å². The molecule has 0 radical (unpaired) electrons. The zero-order chi connectivity index (χ0) is 11.8. The van der Waals surface area contributed by atoms with Gasteiger partial charge in [0, 0.05) is 20.5 Å². The third kappa shape index (κ3) is 2.00. The first-order valence-corrected chi connectivity index (χ1v) is 7.32. The van der Waals surface area contributed by atoms with E-state index >= 15 is 0 Å². The maximum Gasteiger partial charge on any atom is 0.339 e. The smallest absolute Gasteiger partial charge is 0.339 e. The highest BCUT2D eigenvalue weighted by atomic mass is 79.9. The van der Waals surface area contributed by atoms with Gasteiger partial charge in [-0.1, -0.05) is 0 Å². The van der Waals surface area contributed by atoms with Crippen molar-refractivity contribution in [1.82, 2.24) is 0 Å². The summed E-state index contributed by atoms with van der Waals surface area (Å²) in [4.78, 5) is 12.8.